The molecular weight excluding hydrogens is 270 g/mol. The normalized spacial score (nSPS) is 12.2. The largest absolute Gasteiger partial charge is 0.494 e. The van der Waals surface area contributed by atoms with Crippen LogP contribution in [-0.4, -0.2) is 13.7 Å². The Kier molecular flexibility index (Phi) is 5.05. The van der Waals surface area contributed by atoms with E-state index in [1.807, 2.05) is 39.1 Å². The second-order valence-corrected chi connectivity index (χ2v) is 5.14. The third-order valence-corrected chi connectivity index (χ3v) is 3.75. The van der Waals surface area contributed by atoms with Crippen LogP contribution >= 0.6 is 11.6 Å². The molecule has 0 aliphatic heterocycles. The van der Waals surface area contributed by atoms with Crippen molar-refractivity contribution in [3.8, 4) is 5.75 Å². The molecule has 2 aromatic rings. The smallest absolute Gasteiger partial charge is 0.119 e. The third kappa shape index (κ3) is 3.33. The molecule has 0 aliphatic carbocycles. The first-order valence-corrected chi connectivity index (χ1v) is 7.19. The van der Waals surface area contributed by atoms with Gasteiger partial charge in [0.25, 0.3) is 0 Å². The molecule has 20 heavy (non-hydrogen) atoms. The number of rotatable bonds is 5. The molecular formula is C17H20ClNO. The molecule has 0 fully saturated rings. The maximum absolute atomic E-state index is 6.22. The molecule has 3 heteroatoms. The lowest BCUT2D eigenvalue weighted by Gasteiger charge is -2.18. The highest BCUT2D eigenvalue weighted by atomic mass is 35.5. The maximum Gasteiger partial charge on any atom is 0.119 e. The summed E-state index contributed by atoms with van der Waals surface area (Å²) in [4.78, 5) is 0. The van der Waals surface area contributed by atoms with Gasteiger partial charge in [0.1, 0.15) is 5.75 Å². The van der Waals surface area contributed by atoms with Crippen molar-refractivity contribution < 1.29 is 4.74 Å². The number of aryl methyl sites for hydroxylation is 1. The summed E-state index contributed by atoms with van der Waals surface area (Å²) in [5.41, 5.74) is 3.44. The lowest BCUT2D eigenvalue weighted by Crippen LogP contribution is -2.17. The third-order valence-electron chi connectivity index (χ3n) is 3.34. The van der Waals surface area contributed by atoms with Crippen LogP contribution in [0, 0.1) is 6.92 Å². The van der Waals surface area contributed by atoms with Crippen LogP contribution in [-0.2, 0) is 0 Å². The Balaban J connectivity index is 2.29. The van der Waals surface area contributed by atoms with Crippen LogP contribution < -0.4 is 10.1 Å². The minimum absolute atomic E-state index is 0.128. The van der Waals surface area contributed by atoms with E-state index in [1.165, 1.54) is 5.56 Å². The summed E-state index contributed by atoms with van der Waals surface area (Å²) >= 11 is 6.22. The summed E-state index contributed by atoms with van der Waals surface area (Å²) in [6.45, 7) is 4.68. The van der Waals surface area contributed by atoms with Gasteiger partial charge in [0, 0.05) is 5.02 Å². The van der Waals surface area contributed by atoms with Crippen molar-refractivity contribution >= 4 is 11.6 Å². The molecule has 106 valence electrons. The average molecular weight is 290 g/mol. The van der Waals surface area contributed by atoms with Crippen LogP contribution in [0.15, 0.2) is 42.5 Å². The Labute approximate surface area is 125 Å². The van der Waals surface area contributed by atoms with Gasteiger partial charge in [-0.05, 0) is 55.8 Å². The zero-order valence-electron chi connectivity index (χ0n) is 12.1. The Morgan fingerprint density at radius 2 is 1.75 bits per heavy atom. The molecule has 2 aromatic carbocycles. The summed E-state index contributed by atoms with van der Waals surface area (Å²) in [7, 11) is 1.95. The quantitative estimate of drug-likeness (QED) is 0.883. The molecule has 0 aromatic heterocycles. The molecule has 0 amide bonds. The van der Waals surface area contributed by atoms with Crippen molar-refractivity contribution in [1.29, 1.82) is 0 Å². The number of halogens is 1. The Morgan fingerprint density at radius 3 is 2.30 bits per heavy atom. The summed E-state index contributed by atoms with van der Waals surface area (Å²) in [5.74, 6) is 0.896. The summed E-state index contributed by atoms with van der Waals surface area (Å²) in [5, 5.41) is 4.13. The van der Waals surface area contributed by atoms with Crippen molar-refractivity contribution in [2.45, 2.75) is 19.9 Å². The number of benzene rings is 2. The Morgan fingerprint density at radius 1 is 1.10 bits per heavy atom. The fourth-order valence-corrected chi connectivity index (χ4v) is 2.43. The van der Waals surface area contributed by atoms with Crippen LogP contribution in [0.25, 0.3) is 0 Å². The minimum Gasteiger partial charge on any atom is -0.494 e. The summed E-state index contributed by atoms with van der Waals surface area (Å²) in [6.07, 6.45) is 0. The van der Waals surface area contributed by atoms with E-state index in [-0.39, 0.29) is 6.04 Å². The molecule has 1 unspecified atom stereocenters. The number of nitrogens with one attached hydrogen (secondary N) is 1. The van der Waals surface area contributed by atoms with Crippen molar-refractivity contribution in [1.82, 2.24) is 5.32 Å². The Hall–Kier alpha value is -1.51. The minimum atomic E-state index is 0.128. The van der Waals surface area contributed by atoms with Crippen LogP contribution in [0.5, 0.6) is 5.75 Å². The first-order chi connectivity index (χ1) is 9.65. The first kappa shape index (κ1) is 14.9. The van der Waals surface area contributed by atoms with Gasteiger partial charge in [0.2, 0.25) is 0 Å². The number of ether oxygens (including phenoxy) is 1. The van der Waals surface area contributed by atoms with Gasteiger partial charge >= 0.3 is 0 Å². The highest BCUT2D eigenvalue weighted by molar-refractivity contribution is 6.31. The van der Waals surface area contributed by atoms with Crippen LogP contribution in [0.3, 0.4) is 0 Å². The van der Waals surface area contributed by atoms with Gasteiger partial charge in [-0.15, -0.1) is 0 Å². The second kappa shape index (κ2) is 6.78. The fraction of sp³-hybridized carbons (Fsp3) is 0.294. The fourth-order valence-electron chi connectivity index (χ4n) is 2.24. The average Bonchev–Trinajstić information content (AvgIpc) is 2.46. The lowest BCUT2D eigenvalue weighted by atomic mass is 9.98. The SMILES string of the molecule is CCOc1ccc(C(NC)c2ccc(C)c(Cl)c2)cc1. The van der Waals surface area contributed by atoms with Crippen LogP contribution in [0.1, 0.15) is 29.7 Å². The molecule has 0 spiro atoms. The van der Waals surface area contributed by atoms with E-state index in [0.717, 1.165) is 21.9 Å². The van der Waals surface area contributed by atoms with E-state index in [1.54, 1.807) is 0 Å². The van der Waals surface area contributed by atoms with Crippen molar-refractivity contribution in [3.63, 3.8) is 0 Å². The summed E-state index contributed by atoms with van der Waals surface area (Å²) < 4.78 is 5.47. The molecule has 0 saturated carbocycles. The summed E-state index contributed by atoms with van der Waals surface area (Å²) in [6, 6.07) is 14.5. The number of hydrogen-bond donors (Lipinski definition) is 1. The monoisotopic (exact) mass is 289 g/mol. The first-order valence-electron chi connectivity index (χ1n) is 6.81. The highest BCUT2D eigenvalue weighted by Crippen LogP contribution is 2.27. The van der Waals surface area contributed by atoms with Crippen molar-refractivity contribution in [3.05, 3.63) is 64.2 Å². The van der Waals surface area contributed by atoms with Gasteiger partial charge in [0.05, 0.1) is 12.6 Å². The number of hydrogen-bond acceptors (Lipinski definition) is 2. The van der Waals surface area contributed by atoms with E-state index in [4.69, 9.17) is 16.3 Å². The van der Waals surface area contributed by atoms with Crippen LogP contribution in [0.2, 0.25) is 5.02 Å². The van der Waals surface area contributed by atoms with Gasteiger partial charge in [-0.25, -0.2) is 0 Å². The van der Waals surface area contributed by atoms with Gasteiger partial charge in [-0.3, -0.25) is 0 Å². The lowest BCUT2D eigenvalue weighted by molar-refractivity contribution is 0.340. The van der Waals surface area contributed by atoms with Crippen molar-refractivity contribution in [2.75, 3.05) is 13.7 Å². The molecule has 0 saturated heterocycles. The molecule has 0 radical (unpaired) electrons. The predicted molar refractivity (Wildman–Crippen MR) is 84.7 cm³/mol. The van der Waals surface area contributed by atoms with E-state index in [9.17, 15) is 0 Å². The van der Waals surface area contributed by atoms with E-state index >= 15 is 0 Å². The van der Waals surface area contributed by atoms with Gasteiger partial charge in [-0.1, -0.05) is 35.9 Å². The van der Waals surface area contributed by atoms with E-state index < -0.39 is 0 Å². The standard InChI is InChI=1S/C17H20ClNO/c1-4-20-15-9-7-13(8-10-15)17(19-3)14-6-5-12(2)16(18)11-14/h5-11,17,19H,4H2,1-3H3. The van der Waals surface area contributed by atoms with E-state index in [2.05, 4.69) is 29.6 Å². The topological polar surface area (TPSA) is 21.3 Å². The zero-order valence-corrected chi connectivity index (χ0v) is 12.9. The van der Waals surface area contributed by atoms with Gasteiger partial charge in [-0.2, -0.15) is 0 Å². The van der Waals surface area contributed by atoms with Crippen LogP contribution in [0.4, 0.5) is 0 Å². The second-order valence-electron chi connectivity index (χ2n) is 4.73. The molecule has 0 aliphatic rings. The molecule has 2 rings (SSSR count). The molecule has 1 atom stereocenters. The molecule has 2 nitrogen and oxygen atoms in total. The van der Waals surface area contributed by atoms with Gasteiger partial charge in [0.15, 0.2) is 0 Å². The van der Waals surface area contributed by atoms with Gasteiger partial charge < -0.3 is 10.1 Å². The highest BCUT2D eigenvalue weighted by Gasteiger charge is 2.13. The Bertz CT molecular complexity index is 566. The van der Waals surface area contributed by atoms with E-state index in [0.29, 0.717) is 6.61 Å². The molecule has 1 N–H and O–H groups in total. The molecule has 0 heterocycles. The molecule has 0 bridgehead atoms. The maximum atomic E-state index is 6.22. The predicted octanol–water partition coefficient (Wildman–Crippen LogP) is 4.36. The zero-order chi connectivity index (χ0) is 14.5. The van der Waals surface area contributed by atoms with Crippen molar-refractivity contribution in [2.24, 2.45) is 0 Å².